The maximum Gasteiger partial charge on any atom is 0.224 e. The van der Waals surface area contributed by atoms with Gasteiger partial charge in [0, 0.05) is 17.4 Å². The van der Waals surface area contributed by atoms with E-state index in [1.807, 2.05) is 0 Å². The molecule has 1 amide bonds. The maximum atomic E-state index is 12.9. The third-order valence-corrected chi connectivity index (χ3v) is 3.16. The lowest BCUT2D eigenvalue weighted by Gasteiger charge is -2.05. The highest BCUT2D eigenvalue weighted by atomic mass is 79.9. The Morgan fingerprint density at radius 3 is 2.75 bits per heavy atom. The van der Waals surface area contributed by atoms with Crippen molar-refractivity contribution < 1.29 is 9.18 Å². The van der Waals surface area contributed by atoms with Crippen molar-refractivity contribution in [3.63, 3.8) is 0 Å². The lowest BCUT2D eigenvalue weighted by Crippen LogP contribution is -2.11. The van der Waals surface area contributed by atoms with Gasteiger partial charge in [-0.15, -0.1) is 0 Å². The average molecular weight is 353 g/mol. The number of hydrogen-bond acceptors (Lipinski definition) is 1. The Labute approximate surface area is 111 Å². The summed E-state index contributed by atoms with van der Waals surface area (Å²) >= 11 is 6.37. The molecule has 88 valence electrons. The summed E-state index contributed by atoms with van der Waals surface area (Å²) in [5.41, 5.74) is 0.608. The number of halogens is 3. The summed E-state index contributed by atoms with van der Waals surface area (Å²) in [6.45, 7) is 0. The van der Waals surface area contributed by atoms with Gasteiger partial charge in [0.15, 0.2) is 0 Å². The molecule has 0 fully saturated rings. The van der Waals surface area contributed by atoms with E-state index in [1.165, 1.54) is 6.07 Å². The zero-order valence-electron chi connectivity index (χ0n) is 8.60. The van der Waals surface area contributed by atoms with Gasteiger partial charge in [0.05, 0.1) is 4.47 Å². The van der Waals surface area contributed by atoms with Crippen molar-refractivity contribution >= 4 is 43.5 Å². The third kappa shape index (κ3) is 4.61. The summed E-state index contributed by atoms with van der Waals surface area (Å²) in [4.78, 5) is 11.4. The number of nitrogens with one attached hydrogen (secondary N) is 1. The van der Waals surface area contributed by atoms with Crippen LogP contribution in [-0.2, 0) is 4.79 Å². The number of carbonyl (C=O) groups is 1. The zero-order chi connectivity index (χ0) is 12.0. The van der Waals surface area contributed by atoms with Crippen molar-refractivity contribution in [3.8, 4) is 0 Å². The van der Waals surface area contributed by atoms with Gasteiger partial charge in [-0.25, -0.2) is 4.39 Å². The van der Waals surface area contributed by atoms with Crippen LogP contribution in [0.2, 0.25) is 0 Å². The summed E-state index contributed by atoms with van der Waals surface area (Å²) in [7, 11) is 0. The third-order valence-electron chi connectivity index (χ3n) is 1.99. The Morgan fingerprint density at radius 2 is 2.12 bits per heavy atom. The Hall–Kier alpha value is -0.420. The minimum Gasteiger partial charge on any atom is -0.326 e. The summed E-state index contributed by atoms with van der Waals surface area (Å²) in [6, 6.07) is 4.42. The minimum atomic E-state index is -0.336. The Bertz CT molecular complexity index is 371. The van der Waals surface area contributed by atoms with Gasteiger partial charge < -0.3 is 5.32 Å². The van der Waals surface area contributed by atoms with Gasteiger partial charge in [0.2, 0.25) is 5.91 Å². The quantitative estimate of drug-likeness (QED) is 0.627. The normalized spacial score (nSPS) is 10.2. The second kappa shape index (κ2) is 7.01. The van der Waals surface area contributed by atoms with Crippen LogP contribution in [0.15, 0.2) is 22.7 Å². The molecule has 0 radical (unpaired) electrons. The molecule has 1 rings (SSSR count). The SMILES string of the molecule is O=C(CCCCBr)Nc1ccc(F)c(Br)c1. The van der Waals surface area contributed by atoms with Crippen molar-refractivity contribution in [1.29, 1.82) is 0 Å². The number of alkyl halides is 1. The molecule has 0 saturated heterocycles. The Morgan fingerprint density at radius 1 is 1.38 bits per heavy atom. The van der Waals surface area contributed by atoms with Gasteiger partial charge in [0.25, 0.3) is 0 Å². The standard InChI is InChI=1S/C11H12Br2FNO/c12-6-2-1-3-11(16)15-8-4-5-10(14)9(13)7-8/h4-5,7H,1-3,6H2,(H,15,16). The Balaban J connectivity index is 2.46. The van der Waals surface area contributed by atoms with Crippen LogP contribution in [0.3, 0.4) is 0 Å². The van der Waals surface area contributed by atoms with E-state index in [0.717, 1.165) is 18.2 Å². The fourth-order valence-corrected chi connectivity index (χ4v) is 1.95. The lowest BCUT2D eigenvalue weighted by molar-refractivity contribution is -0.116. The van der Waals surface area contributed by atoms with Crippen LogP contribution in [0.4, 0.5) is 10.1 Å². The van der Waals surface area contributed by atoms with Gasteiger partial charge in [-0.1, -0.05) is 15.9 Å². The molecule has 16 heavy (non-hydrogen) atoms. The van der Waals surface area contributed by atoms with Crippen LogP contribution in [0.25, 0.3) is 0 Å². The van der Waals surface area contributed by atoms with Crippen molar-refractivity contribution in [2.24, 2.45) is 0 Å². The van der Waals surface area contributed by atoms with Crippen LogP contribution < -0.4 is 5.32 Å². The molecule has 0 atom stereocenters. The molecule has 0 aromatic heterocycles. The number of amides is 1. The van der Waals surface area contributed by atoms with Crippen molar-refractivity contribution in [2.45, 2.75) is 19.3 Å². The second-order valence-electron chi connectivity index (χ2n) is 3.32. The van der Waals surface area contributed by atoms with Gasteiger partial charge in [0.1, 0.15) is 5.82 Å². The van der Waals surface area contributed by atoms with E-state index in [4.69, 9.17) is 0 Å². The lowest BCUT2D eigenvalue weighted by atomic mass is 10.2. The molecule has 0 aliphatic carbocycles. The summed E-state index contributed by atoms with van der Waals surface area (Å²) in [5, 5.41) is 3.62. The monoisotopic (exact) mass is 351 g/mol. The fourth-order valence-electron chi connectivity index (χ4n) is 1.18. The van der Waals surface area contributed by atoms with Crippen LogP contribution in [0.1, 0.15) is 19.3 Å². The number of hydrogen-bond donors (Lipinski definition) is 1. The highest BCUT2D eigenvalue weighted by Gasteiger charge is 2.04. The smallest absolute Gasteiger partial charge is 0.224 e. The molecule has 0 aliphatic heterocycles. The molecule has 1 aromatic carbocycles. The van der Waals surface area contributed by atoms with E-state index < -0.39 is 0 Å². The average Bonchev–Trinajstić information content (AvgIpc) is 2.24. The molecule has 2 nitrogen and oxygen atoms in total. The highest BCUT2D eigenvalue weighted by molar-refractivity contribution is 9.10. The number of unbranched alkanes of at least 4 members (excludes halogenated alkanes) is 1. The summed E-state index contributed by atoms with van der Waals surface area (Å²) in [6.07, 6.45) is 2.31. The first kappa shape index (κ1) is 13.6. The maximum absolute atomic E-state index is 12.9. The zero-order valence-corrected chi connectivity index (χ0v) is 11.8. The minimum absolute atomic E-state index is 0.0422. The van der Waals surface area contributed by atoms with E-state index in [9.17, 15) is 9.18 Å². The summed E-state index contributed by atoms with van der Waals surface area (Å²) in [5.74, 6) is -0.378. The first-order valence-corrected chi connectivity index (χ1v) is 6.86. The first-order valence-electron chi connectivity index (χ1n) is 4.94. The van der Waals surface area contributed by atoms with Gasteiger partial charge in [-0.05, 0) is 47.0 Å². The largest absolute Gasteiger partial charge is 0.326 e. The number of benzene rings is 1. The number of anilines is 1. The fraction of sp³-hybridized carbons (Fsp3) is 0.364. The van der Waals surface area contributed by atoms with Crippen LogP contribution in [0.5, 0.6) is 0 Å². The van der Waals surface area contributed by atoms with Crippen LogP contribution in [-0.4, -0.2) is 11.2 Å². The van der Waals surface area contributed by atoms with E-state index in [-0.39, 0.29) is 11.7 Å². The topological polar surface area (TPSA) is 29.1 Å². The molecule has 0 aliphatic rings. The molecule has 1 N–H and O–H groups in total. The predicted octanol–water partition coefficient (Wildman–Crippen LogP) is 4.09. The molecule has 0 unspecified atom stereocenters. The molecule has 0 bridgehead atoms. The molecule has 0 spiro atoms. The molecule has 1 aromatic rings. The molecule has 0 heterocycles. The number of rotatable bonds is 5. The van der Waals surface area contributed by atoms with Gasteiger partial charge in [-0.3, -0.25) is 4.79 Å². The van der Waals surface area contributed by atoms with E-state index >= 15 is 0 Å². The van der Waals surface area contributed by atoms with E-state index in [0.29, 0.717) is 16.6 Å². The van der Waals surface area contributed by atoms with Crippen molar-refractivity contribution in [2.75, 3.05) is 10.6 Å². The van der Waals surface area contributed by atoms with Crippen LogP contribution >= 0.6 is 31.9 Å². The molecule has 0 saturated carbocycles. The first-order chi connectivity index (χ1) is 7.63. The second-order valence-corrected chi connectivity index (χ2v) is 4.97. The van der Waals surface area contributed by atoms with Crippen LogP contribution in [0, 0.1) is 5.82 Å². The highest BCUT2D eigenvalue weighted by Crippen LogP contribution is 2.20. The van der Waals surface area contributed by atoms with Crippen molar-refractivity contribution in [3.05, 3.63) is 28.5 Å². The van der Waals surface area contributed by atoms with Gasteiger partial charge in [-0.2, -0.15) is 0 Å². The van der Waals surface area contributed by atoms with E-state index in [2.05, 4.69) is 37.2 Å². The van der Waals surface area contributed by atoms with Gasteiger partial charge >= 0.3 is 0 Å². The molecular weight excluding hydrogens is 341 g/mol. The van der Waals surface area contributed by atoms with Crippen molar-refractivity contribution in [1.82, 2.24) is 0 Å². The summed E-state index contributed by atoms with van der Waals surface area (Å²) < 4.78 is 13.3. The molecule has 5 heteroatoms. The Kier molecular flexibility index (Phi) is 5.98. The van der Waals surface area contributed by atoms with E-state index in [1.54, 1.807) is 12.1 Å². The predicted molar refractivity (Wildman–Crippen MR) is 70.4 cm³/mol. The molecular formula is C11H12Br2FNO. The number of carbonyl (C=O) groups excluding carboxylic acids is 1.